The first-order valence-electron chi connectivity index (χ1n) is 9.62. The Morgan fingerprint density at radius 1 is 1.07 bits per heavy atom. The molecule has 0 aliphatic carbocycles. The van der Waals surface area contributed by atoms with Gasteiger partial charge in [-0.1, -0.05) is 19.1 Å². The summed E-state index contributed by atoms with van der Waals surface area (Å²) in [5.74, 6) is 0.0665. The number of sulfonamides is 1. The summed E-state index contributed by atoms with van der Waals surface area (Å²) in [6.07, 6.45) is 0.617. The summed E-state index contributed by atoms with van der Waals surface area (Å²) < 4.78 is 32.9. The first-order chi connectivity index (χ1) is 14.1. The third-order valence-corrected chi connectivity index (χ3v) is 5.92. The molecule has 3 N–H and O–H groups in total. The van der Waals surface area contributed by atoms with Crippen LogP contribution in [0.3, 0.4) is 0 Å². The van der Waals surface area contributed by atoms with E-state index in [0.717, 1.165) is 0 Å². The Hall–Kier alpha value is -2.49. The van der Waals surface area contributed by atoms with Gasteiger partial charge in [-0.2, -0.15) is 0 Å². The van der Waals surface area contributed by atoms with E-state index in [9.17, 15) is 13.2 Å². The van der Waals surface area contributed by atoms with Gasteiger partial charge in [-0.15, -0.1) is 0 Å². The summed E-state index contributed by atoms with van der Waals surface area (Å²) in [7, 11) is -3.58. The number of thiocarbonyl (C=S) groups is 1. The van der Waals surface area contributed by atoms with Crippen LogP contribution in [0.15, 0.2) is 53.4 Å². The summed E-state index contributed by atoms with van der Waals surface area (Å²) in [6, 6.07) is 12.9. The van der Waals surface area contributed by atoms with Crippen molar-refractivity contribution in [1.29, 1.82) is 0 Å². The van der Waals surface area contributed by atoms with E-state index in [1.54, 1.807) is 43.3 Å². The minimum Gasteiger partial charge on any atom is -0.490 e. The molecule has 0 spiro atoms. The van der Waals surface area contributed by atoms with E-state index in [4.69, 9.17) is 17.0 Å². The molecule has 2 aromatic rings. The van der Waals surface area contributed by atoms with Gasteiger partial charge in [0.25, 0.3) is 5.91 Å². The fourth-order valence-corrected chi connectivity index (χ4v) is 4.01. The van der Waals surface area contributed by atoms with E-state index < -0.39 is 15.9 Å². The van der Waals surface area contributed by atoms with Gasteiger partial charge in [0, 0.05) is 11.7 Å². The van der Waals surface area contributed by atoms with Gasteiger partial charge in [0.1, 0.15) is 5.75 Å². The smallest absolute Gasteiger partial charge is 0.261 e. The third kappa shape index (κ3) is 6.79. The number of hydrogen-bond acceptors (Lipinski definition) is 5. The standard InChI is InChI=1S/C21H27N3O4S2/c1-5-15(4)24-30(26,27)17-12-10-16(11-13-17)22-21(29)23-20(25)18-8-6-7-9-19(18)28-14(2)3/h6-15,24H,5H2,1-4H3,(H2,22,23,25,29). The van der Waals surface area contributed by atoms with Crippen LogP contribution in [0.1, 0.15) is 44.5 Å². The lowest BCUT2D eigenvalue weighted by Gasteiger charge is -2.15. The maximum absolute atomic E-state index is 12.6. The predicted molar refractivity (Wildman–Crippen MR) is 122 cm³/mol. The first kappa shape index (κ1) is 23.8. The van der Waals surface area contributed by atoms with E-state index >= 15 is 0 Å². The molecule has 7 nitrogen and oxygen atoms in total. The summed E-state index contributed by atoms with van der Waals surface area (Å²) in [4.78, 5) is 12.7. The van der Waals surface area contributed by atoms with Gasteiger partial charge in [0.05, 0.1) is 16.6 Å². The highest BCUT2D eigenvalue weighted by Gasteiger charge is 2.17. The molecule has 1 amide bonds. The van der Waals surface area contributed by atoms with Crippen molar-refractivity contribution in [2.75, 3.05) is 5.32 Å². The predicted octanol–water partition coefficient (Wildman–Crippen LogP) is 3.68. The summed E-state index contributed by atoms with van der Waals surface area (Å²) in [5, 5.41) is 5.58. The van der Waals surface area contributed by atoms with Crippen molar-refractivity contribution in [3.05, 3.63) is 54.1 Å². The molecule has 0 bridgehead atoms. The van der Waals surface area contributed by atoms with Gasteiger partial charge >= 0.3 is 0 Å². The molecule has 9 heteroatoms. The molecule has 0 aliphatic rings. The van der Waals surface area contributed by atoms with Gasteiger partial charge in [0.2, 0.25) is 10.0 Å². The Bertz CT molecular complexity index is 990. The van der Waals surface area contributed by atoms with Crippen molar-refractivity contribution in [3.8, 4) is 5.75 Å². The molecule has 0 fully saturated rings. The van der Waals surface area contributed by atoms with E-state index in [1.165, 1.54) is 12.1 Å². The van der Waals surface area contributed by atoms with Crippen molar-refractivity contribution in [1.82, 2.24) is 10.0 Å². The van der Waals surface area contributed by atoms with Gasteiger partial charge < -0.3 is 10.1 Å². The minimum absolute atomic E-state index is 0.0753. The maximum atomic E-state index is 12.6. The van der Waals surface area contributed by atoms with Gasteiger partial charge in [-0.05, 0) is 75.8 Å². The second kappa shape index (κ2) is 10.5. The van der Waals surface area contributed by atoms with E-state index in [1.807, 2.05) is 20.8 Å². The molecular formula is C21H27N3O4S2. The van der Waals surface area contributed by atoms with Crippen molar-refractivity contribution in [2.45, 2.75) is 51.2 Å². The van der Waals surface area contributed by atoms with Crippen molar-refractivity contribution >= 4 is 38.9 Å². The second-order valence-corrected chi connectivity index (χ2v) is 9.15. The fraction of sp³-hybridized carbons (Fsp3) is 0.333. The zero-order valence-corrected chi connectivity index (χ0v) is 19.1. The van der Waals surface area contributed by atoms with Crippen LogP contribution >= 0.6 is 12.2 Å². The highest BCUT2D eigenvalue weighted by Crippen LogP contribution is 2.19. The van der Waals surface area contributed by atoms with Crippen LogP contribution < -0.4 is 20.1 Å². The van der Waals surface area contributed by atoms with Crippen LogP contribution in [0.2, 0.25) is 0 Å². The number of amides is 1. The Balaban J connectivity index is 2.03. The highest BCUT2D eigenvalue weighted by molar-refractivity contribution is 7.89. The molecule has 1 unspecified atom stereocenters. The van der Waals surface area contributed by atoms with Gasteiger partial charge in [-0.3, -0.25) is 10.1 Å². The van der Waals surface area contributed by atoms with Crippen LogP contribution in [0.5, 0.6) is 5.75 Å². The number of nitrogens with one attached hydrogen (secondary N) is 3. The Kier molecular flexibility index (Phi) is 8.33. The van der Waals surface area contributed by atoms with Crippen LogP contribution in [0.25, 0.3) is 0 Å². The number of anilines is 1. The normalized spacial score (nSPS) is 12.3. The van der Waals surface area contributed by atoms with Crippen molar-refractivity contribution in [2.24, 2.45) is 0 Å². The molecule has 30 heavy (non-hydrogen) atoms. The monoisotopic (exact) mass is 449 g/mol. The molecule has 0 aliphatic heterocycles. The number of hydrogen-bond donors (Lipinski definition) is 3. The summed E-state index contributed by atoms with van der Waals surface area (Å²) in [5.41, 5.74) is 0.919. The molecule has 2 rings (SSSR count). The molecule has 2 aromatic carbocycles. The van der Waals surface area contributed by atoms with Crippen LogP contribution in [-0.2, 0) is 10.0 Å². The number of para-hydroxylation sites is 1. The molecular weight excluding hydrogens is 422 g/mol. The van der Waals surface area contributed by atoms with Crippen LogP contribution in [0, 0.1) is 0 Å². The molecule has 162 valence electrons. The molecule has 0 aromatic heterocycles. The lowest BCUT2D eigenvalue weighted by atomic mass is 10.2. The van der Waals surface area contributed by atoms with Gasteiger partial charge in [-0.25, -0.2) is 13.1 Å². The molecule has 0 saturated carbocycles. The molecule has 0 saturated heterocycles. The lowest BCUT2D eigenvalue weighted by Crippen LogP contribution is -2.34. The van der Waals surface area contributed by atoms with Crippen LogP contribution in [-0.4, -0.2) is 31.6 Å². The highest BCUT2D eigenvalue weighted by atomic mass is 32.2. The average molecular weight is 450 g/mol. The zero-order valence-electron chi connectivity index (χ0n) is 17.4. The lowest BCUT2D eigenvalue weighted by molar-refractivity contribution is 0.0972. The Morgan fingerprint density at radius 3 is 2.30 bits per heavy atom. The number of carbonyl (C=O) groups is 1. The Morgan fingerprint density at radius 2 is 1.70 bits per heavy atom. The SMILES string of the molecule is CCC(C)NS(=O)(=O)c1ccc(NC(=S)NC(=O)c2ccccc2OC(C)C)cc1. The fourth-order valence-electron chi connectivity index (χ4n) is 2.48. The van der Waals surface area contributed by atoms with Crippen molar-refractivity contribution in [3.63, 3.8) is 0 Å². The first-order valence-corrected chi connectivity index (χ1v) is 11.5. The quantitative estimate of drug-likeness (QED) is 0.532. The zero-order chi connectivity index (χ0) is 22.3. The maximum Gasteiger partial charge on any atom is 0.261 e. The number of carbonyl (C=O) groups excluding carboxylic acids is 1. The topological polar surface area (TPSA) is 96.5 Å². The summed E-state index contributed by atoms with van der Waals surface area (Å²) in [6.45, 7) is 7.47. The largest absolute Gasteiger partial charge is 0.490 e. The molecule has 1 atom stereocenters. The second-order valence-electron chi connectivity index (χ2n) is 7.03. The molecule has 0 heterocycles. The third-order valence-electron chi connectivity index (χ3n) is 4.11. The van der Waals surface area contributed by atoms with Gasteiger partial charge in [0.15, 0.2) is 5.11 Å². The number of ether oxygens (including phenoxy) is 1. The van der Waals surface area contributed by atoms with E-state index in [0.29, 0.717) is 23.4 Å². The average Bonchev–Trinajstić information content (AvgIpc) is 2.67. The molecule has 0 radical (unpaired) electrons. The minimum atomic E-state index is -3.58. The number of benzene rings is 2. The van der Waals surface area contributed by atoms with E-state index in [-0.39, 0.29) is 22.2 Å². The number of rotatable bonds is 8. The summed E-state index contributed by atoms with van der Waals surface area (Å²) >= 11 is 5.21. The van der Waals surface area contributed by atoms with Crippen molar-refractivity contribution < 1.29 is 17.9 Å². The van der Waals surface area contributed by atoms with E-state index in [2.05, 4.69) is 15.4 Å². The Labute approximate surface area is 183 Å². The van der Waals surface area contributed by atoms with Crippen LogP contribution in [0.4, 0.5) is 5.69 Å².